The second kappa shape index (κ2) is 6.08. The zero-order valence-electron chi connectivity index (χ0n) is 5.56. The van der Waals surface area contributed by atoms with Gasteiger partial charge in [0, 0.05) is 6.54 Å². The van der Waals surface area contributed by atoms with Gasteiger partial charge >= 0.3 is 6.41 Å². The number of hydrogen-bond acceptors (Lipinski definition) is 1. The Labute approximate surface area is 64.6 Å². The Bertz CT molecular complexity index is 77.5. The molecule has 0 spiro atoms. The molecule has 0 heterocycles. The van der Waals surface area contributed by atoms with Crippen molar-refractivity contribution in [3.05, 3.63) is 0 Å². The monoisotopic (exact) mass is 192 g/mol. The molecule has 0 saturated carbocycles. The summed E-state index contributed by atoms with van der Waals surface area (Å²) in [5.74, 6) is 0. The highest BCUT2D eigenvalue weighted by Crippen LogP contribution is 1.99. The van der Waals surface area contributed by atoms with Crippen molar-refractivity contribution in [1.29, 1.82) is 0 Å². The maximum absolute atomic E-state index is 9.85. The Hall–Kier alpha value is -0.0500. The molecule has 53 valence electrons. The van der Waals surface area contributed by atoms with Gasteiger partial charge in [-0.1, -0.05) is 19.8 Å². The topological polar surface area (TPSA) is 20.3 Å². The Morgan fingerprint density at radius 3 is 2.67 bits per heavy atom. The molecule has 0 aromatic heterocycles. The zero-order valence-corrected chi connectivity index (χ0v) is 7.15. The minimum absolute atomic E-state index is 0.761. The molecule has 0 aliphatic rings. The van der Waals surface area contributed by atoms with E-state index in [1.807, 2.05) is 0 Å². The molecule has 0 rings (SSSR count). The number of rotatable bonds is 5. The van der Waals surface area contributed by atoms with Crippen molar-refractivity contribution in [2.45, 2.75) is 26.2 Å². The summed E-state index contributed by atoms with van der Waals surface area (Å²) in [6.45, 7) is 2.89. The minimum atomic E-state index is 0.761. The van der Waals surface area contributed by atoms with Crippen LogP contribution in [0.3, 0.4) is 0 Å². The molecule has 0 N–H and O–H groups in total. The van der Waals surface area contributed by atoms with E-state index in [-0.39, 0.29) is 0 Å². The van der Waals surface area contributed by atoms with Gasteiger partial charge in [-0.2, -0.15) is 0 Å². The van der Waals surface area contributed by atoms with Gasteiger partial charge < -0.3 is 0 Å². The van der Waals surface area contributed by atoms with E-state index in [0.717, 1.165) is 13.0 Å². The summed E-state index contributed by atoms with van der Waals surface area (Å²) < 4.78 is 1.36. The highest BCUT2D eigenvalue weighted by molar-refractivity contribution is 9.07. The lowest BCUT2D eigenvalue weighted by atomic mass is 10.2. The Morgan fingerprint density at radius 2 is 2.22 bits per heavy atom. The maximum atomic E-state index is 9.85. The summed E-state index contributed by atoms with van der Waals surface area (Å²) in [7, 11) is 0. The molecule has 3 heteroatoms. The van der Waals surface area contributed by atoms with Gasteiger partial charge in [-0.15, -0.1) is 0 Å². The van der Waals surface area contributed by atoms with Crippen molar-refractivity contribution >= 4 is 22.6 Å². The molecule has 0 fully saturated rings. The van der Waals surface area contributed by atoms with E-state index in [2.05, 4.69) is 23.1 Å². The highest BCUT2D eigenvalue weighted by atomic mass is 79.9. The van der Waals surface area contributed by atoms with Gasteiger partial charge in [-0.3, -0.25) is 8.72 Å². The Kier molecular flexibility index (Phi) is 6.04. The predicted octanol–water partition coefficient (Wildman–Crippen LogP) is 1.86. The van der Waals surface area contributed by atoms with Crippen LogP contribution in [0.5, 0.6) is 0 Å². The molecule has 0 aromatic carbocycles. The van der Waals surface area contributed by atoms with E-state index < -0.39 is 0 Å². The summed E-state index contributed by atoms with van der Waals surface area (Å²) in [4.78, 5) is 9.85. The molecule has 0 unspecified atom stereocenters. The molecule has 1 radical (unpaired) electrons. The van der Waals surface area contributed by atoms with Crippen molar-refractivity contribution in [2.75, 3.05) is 6.54 Å². The molecule has 2 nitrogen and oxygen atoms in total. The number of nitrogens with zero attached hydrogens (tertiary/aromatic N) is 1. The van der Waals surface area contributed by atoms with Crippen LogP contribution in [0.2, 0.25) is 0 Å². The molecule has 0 aliphatic heterocycles. The zero-order chi connectivity index (χ0) is 7.11. The van der Waals surface area contributed by atoms with Crippen molar-refractivity contribution in [3.8, 4) is 0 Å². The predicted molar refractivity (Wildman–Crippen MR) is 40.9 cm³/mol. The second-order valence-corrected chi connectivity index (χ2v) is 2.74. The molecule has 9 heavy (non-hydrogen) atoms. The third kappa shape index (κ3) is 5.83. The molecule has 0 aliphatic carbocycles. The van der Waals surface area contributed by atoms with Gasteiger partial charge in [0.25, 0.3) is 0 Å². The van der Waals surface area contributed by atoms with Gasteiger partial charge in [0.1, 0.15) is 0 Å². The van der Waals surface area contributed by atoms with Crippen molar-refractivity contribution < 1.29 is 4.79 Å². The van der Waals surface area contributed by atoms with Crippen LogP contribution >= 0.6 is 16.1 Å². The van der Waals surface area contributed by atoms with Crippen LogP contribution < -0.4 is 0 Å². The van der Waals surface area contributed by atoms with Crippen molar-refractivity contribution in [1.82, 2.24) is 3.93 Å². The molecule has 0 saturated heterocycles. The van der Waals surface area contributed by atoms with E-state index in [1.165, 1.54) is 16.8 Å². The van der Waals surface area contributed by atoms with Gasteiger partial charge in [0.05, 0.1) is 16.1 Å². The average molecular weight is 193 g/mol. The largest absolute Gasteiger partial charge is 0.322 e. The lowest BCUT2D eigenvalue weighted by Crippen LogP contribution is -2.09. The summed E-state index contributed by atoms with van der Waals surface area (Å²) >= 11 is 3.02. The third-order valence-corrected chi connectivity index (χ3v) is 1.56. The minimum Gasteiger partial charge on any atom is -0.271 e. The smallest absolute Gasteiger partial charge is 0.271 e. The first-order valence-corrected chi connectivity index (χ1v) is 3.83. The third-order valence-electron chi connectivity index (χ3n) is 1.06. The van der Waals surface area contributed by atoms with Crippen LogP contribution in [0.4, 0.5) is 0 Å². The Morgan fingerprint density at radius 1 is 1.56 bits per heavy atom. The van der Waals surface area contributed by atoms with E-state index >= 15 is 0 Å². The number of unbranched alkanes of at least 4 members (excludes halogenated alkanes) is 2. The highest BCUT2D eigenvalue weighted by Gasteiger charge is 1.93. The SMILES string of the molecule is CCCCCN(Br)[C]=O. The quantitative estimate of drug-likeness (QED) is 0.370. The first kappa shape index (κ1) is 8.95. The number of carbonyl (C=O) groups excluding carboxylic acids is 1. The average Bonchev–Trinajstić information content (AvgIpc) is 1.89. The van der Waals surface area contributed by atoms with Crippen molar-refractivity contribution in [3.63, 3.8) is 0 Å². The Balaban J connectivity index is 2.96. The van der Waals surface area contributed by atoms with E-state index in [0.29, 0.717) is 0 Å². The van der Waals surface area contributed by atoms with E-state index in [4.69, 9.17) is 0 Å². The molecular formula is C6H11BrNO. The van der Waals surface area contributed by atoms with Crippen LogP contribution in [0.15, 0.2) is 0 Å². The van der Waals surface area contributed by atoms with Gasteiger partial charge in [-0.25, -0.2) is 0 Å². The summed E-state index contributed by atoms with van der Waals surface area (Å²) in [6, 6.07) is 0. The summed E-state index contributed by atoms with van der Waals surface area (Å²) in [5.41, 5.74) is 0. The van der Waals surface area contributed by atoms with Gasteiger partial charge in [0.15, 0.2) is 0 Å². The van der Waals surface area contributed by atoms with Crippen LogP contribution in [0.25, 0.3) is 0 Å². The second-order valence-electron chi connectivity index (χ2n) is 1.88. The van der Waals surface area contributed by atoms with Crippen LogP contribution in [0.1, 0.15) is 26.2 Å². The van der Waals surface area contributed by atoms with Crippen LogP contribution in [-0.4, -0.2) is 16.9 Å². The summed E-state index contributed by atoms with van der Waals surface area (Å²) in [5, 5.41) is 0. The number of hydrogen-bond donors (Lipinski definition) is 0. The number of amides is 1. The van der Waals surface area contributed by atoms with Crippen LogP contribution in [0, 0.1) is 0 Å². The molecule has 0 bridgehead atoms. The van der Waals surface area contributed by atoms with Gasteiger partial charge in [0.2, 0.25) is 0 Å². The maximum Gasteiger partial charge on any atom is 0.322 e. The summed E-state index contributed by atoms with van der Waals surface area (Å²) in [6.07, 6.45) is 5.13. The molecule has 0 aromatic rings. The standard InChI is InChI=1S/C6H11BrNO/c1-2-3-4-5-8(7)6-9/h2-5H2,1H3. The van der Waals surface area contributed by atoms with Gasteiger partial charge in [-0.05, 0) is 6.42 Å². The lowest BCUT2D eigenvalue weighted by Gasteiger charge is -2.03. The molecular weight excluding hydrogens is 182 g/mol. The normalized spacial score (nSPS) is 9.11. The van der Waals surface area contributed by atoms with Crippen molar-refractivity contribution in [2.24, 2.45) is 0 Å². The van der Waals surface area contributed by atoms with E-state index in [1.54, 1.807) is 6.41 Å². The first-order valence-electron chi connectivity index (χ1n) is 3.12. The fourth-order valence-corrected chi connectivity index (χ4v) is 0.797. The molecule has 0 atom stereocenters. The lowest BCUT2D eigenvalue weighted by molar-refractivity contribution is 0.498. The van der Waals surface area contributed by atoms with Crippen LogP contribution in [-0.2, 0) is 4.79 Å². The fourth-order valence-electron chi connectivity index (χ4n) is 0.546. The first-order chi connectivity index (χ1) is 4.31. The number of halogens is 1. The molecule has 1 amide bonds. The fraction of sp³-hybridized carbons (Fsp3) is 0.833. The van der Waals surface area contributed by atoms with E-state index in [9.17, 15) is 4.79 Å².